The van der Waals surface area contributed by atoms with Crippen molar-refractivity contribution in [2.75, 3.05) is 0 Å². The average molecular weight is 264 g/mol. The van der Waals surface area contributed by atoms with Crippen LogP contribution in [0.1, 0.15) is 5.56 Å². The largest absolute Gasteiger partial charge is 1.00 e. The van der Waals surface area contributed by atoms with Crippen molar-refractivity contribution in [3.8, 4) is 5.69 Å². The predicted octanol–water partition coefficient (Wildman–Crippen LogP) is -0.761. The summed E-state index contributed by atoms with van der Waals surface area (Å²) in [6.45, 7) is -3.28. The minimum Gasteiger partial charge on any atom is -0.444 e. The van der Waals surface area contributed by atoms with Gasteiger partial charge in [0.1, 0.15) is 0 Å². The molecule has 7 heteroatoms. The van der Waals surface area contributed by atoms with Gasteiger partial charge in [0.05, 0.1) is 5.69 Å². The molecule has 0 N–H and O–H groups in total. The van der Waals surface area contributed by atoms with Crippen molar-refractivity contribution in [1.82, 2.24) is 9.78 Å². The van der Waals surface area contributed by atoms with Crippen LogP contribution >= 0.6 is 0 Å². The first-order valence-corrected chi connectivity index (χ1v) is 4.80. The van der Waals surface area contributed by atoms with Gasteiger partial charge in [-0.1, -0.05) is 24.3 Å². The molecular weight excluding hydrogens is 255 g/mol. The van der Waals surface area contributed by atoms with E-state index in [1.807, 2.05) is 0 Å². The predicted molar refractivity (Wildman–Crippen MR) is 57.0 cm³/mol. The van der Waals surface area contributed by atoms with Gasteiger partial charge in [-0.05, 0) is 24.1 Å². The Bertz CT molecular complexity index is 510. The van der Waals surface area contributed by atoms with Crippen molar-refractivity contribution in [2.24, 2.45) is 0 Å². The molecule has 0 atom stereocenters. The molecule has 0 unspecified atom stereocenters. The first kappa shape index (κ1) is 15.0. The Hall–Kier alpha value is -0.0787. The van der Waals surface area contributed by atoms with Crippen molar-refractivity contribution in [3.05, 3.63) is 42.1 Å². The number of nitrogens with zero attached hydrogens (tertiary/aromatic N) is 2. The fraction of sp³-hybridized carbons (Fsp3) is 0.100. The van der Waals surface area contributed by atoms with E-state index in [9.17, 15) is 12.9 Å². The van der Waals surface area contributed by atoms with Crippen LogP contribution in [0.15, 0.2) is 36.5 Å². The van der Waals surface area contributed by atoms with E-state index in [0.29, 0.717) is 5.69 Å². The Morgan fingerprint density at radius 1 is 1.12 bits per heavy atom. The zero-order valence-corrected chi connectivity index (χ0v) is 12.7. The van der Waals surface area contributed by atoms with Crippen LogP contribution in [-0.4, -0.2) is 16.8 Å². The Labute approximate surface area is 140 Å². The second-order valence-corrected chi connectivity index (χ2v) is 3.53. The van der Waals surface area contributed by atoms with Crippen LogP contribution in [0.3, 0.4) is 0 Å². The quantitative estimate of drug-likeness (QED) is 0.652. The minimum atomic E-state index is -5.04. The topological polar surface area (TPSA) is 17.8 Å². The van der Waals surface area contributed by atoms with Gasteiger partial charge in [0, 0.05) is 6.20 Å². The first-order valence-electron chi connectivity index (χ1n) is 4.80. The second-order valence-electron chi connectivity index (χ2n) is 3.53. The van der Waals surface area contributed by atoms with Crippen LogP contribution in [-0.2, 0) is 0 Å². The van der Waals surface area contributed by atoms with Crippen molar-refractivity contribution < 1.29 is 64.3 Å². The molecule has 0 aliphatic rings. The number of benzene rings is 1. The third-order valence-corrected chi connectivity index (χ3v) is 2.35. The standard InChI is InChI=1S/C10H9BF3N2.K/c1-8-4-2-3-5-9(8)16-10(6-7-15-16)11(12,13)14;/h2-7H,1H3;/q-1;+1. The molecule has 1 aromatic heterocycles. The molecule has 0 aliphatic heterocycles. The molecule has 0 saturated carbocycles. The molecule has 2 aromatic rings. The van der Waals surface area contributed by atoms with E-state index in [-0.39, 0.29) is 51.4 Å². The molecule has 2 nitrogen and oxygen atoms in total. The van der Waals surface area contributed by atoms with E-state index in [4.69, 9.17) is 0 Å². The molecule has 0 radical (unpaired) electrons. The van der Waals surface area contributed by atoms with Crippen LogP contribution in [0.2, 0.25) is 0 Å². The number of halogens is 3. The van der Waals surface area contributed by atoms with E-state index in [0.717, 1.165) is 22.5 Å². The first-order chi connectivity index (χ1) is 7.50. The Morgan fingerprint density at radius 3 is 2.35 bits per heavy atom. The number of hydrogen-bond acceptors (Lipinski definition) is 1. The summed E-state index contributed by atoms with van der Waals surface area (Å²) in [6.07, 6.45) is 1.16. The third-order valence-electron chi connectivity index (χ3n) is 2.35. The Kier molecular flexibility index (Phi) is 5.03. The fourth-order valence-corrected chi connectivity index (χ4v) is 1.56. The minimum absolute atomic E-state index is 0. The van der Waals surface area contributed by atoms with Crippen LogP contribution in [0, 0.1) is 6.92 Å². The van der Waals surface area contributed by atoms with Gasteiger partial charge in [0.25, 0.3) is 0 Å². The Morgan fingerprint density at radius 2 is 1.76 bits per heavy atom. The summed E-state index contributed by atoms with van der Waals surface area (Å²) in [4.78, 5) is 0. The van der Waals surface area contributed by atoms with Crippen LogP contribution in [0.5, 0.6) is 0 Å². The molecule has 2 rings (SSSR count). The monoisotopic (exact) mass is 264 g/mol. The number of aromatic nitrogens is 2. The molecule has 1 aromatic carbocycles. The molecule has 0 amide bonds. The van der Waals surface area contributed by atoms with Gasteiger partial charge in [0.2, 0.25) is 0 Å². The van der Waals surface area contributed by atoms with Crippen LogP contribution in [0.25, 0.3) is 5.69 Å². The summed E-state index contributed by atoms with van der Waals surface area (Å²) in [5.74, 6) is 0. The number of para-hydroxylation sites is 1. The molecule has 1 heterocycles. The summed E-state index contributed by atoms with van der Waals surface area (Å²) in [6, 6.07) is 7.84. The normalized spacial score (nSPS) is 11.1. The van der Waals surface area contributed by atoms with Gasteiger partial charge in [-0.3, -0.25) is 4.68 Å². The summed E-state index contributed by atoms with van der Waals surface area (Å²) in [7, 11) is 0. The van der Waals surface area contributed by atoms with Crippen molar-refractivity contribution >= 4 is 12.6 Å². The van der Waals surface area contributed by atoms with Crippen molar-refractivity contribution in [3.63, 3.8) is 0 Å². The molecule has 0 fully saturated rings. The summed E-state index contributed by atoms with van der Waals surface area (Å²) >= 11 is 0. The molecule has 84 valence electrons. The zero-order chi connectivity index (χ0) is 11.8. The smallest absolute Gasteiger partial charge is 0.444 e. The average Bonchev–Trinajstić information content (AvgIpc) is 2.66. The van der Waals surface area contributed by atoms with Crippen LogP contribution < -0.4 is 57.0 Å². The van der Waals surface area contributed by atoms with E-state index in [1.54, 1.807) is 31.2 Å². The molecule has 0 spiro atoms. The van der Waals surface area contributed by atoms with Crippen molar-refractivity contribution in [1.29, 1.82) is 0 Å². The van der Waals surface area contributed by atoms with Gasteiger partial charge in [-0.2, -0.15) is 5.10 Å². The Balaban J connectivity index is 0.00000144. The molecule has 17 heavy (non-hydrogen) atoms. The van der Waals surface area contributed by atoms with Gasteiger partial charge in [-0.25, -0.2) is 0 Å². The van der Waals surface area contributed by atoms with Crippen molar-refractivity contribution in [2.45, 2.75) is 6.92 Å². The maximum atomic E-state index is 12.7. The molecule has 0 aliphatic carbocycles. The summed E-state index contributed by atoms with van der Waals surface area (Å²) < 4.78 is 39.0. The van der Waals surface area contributed by atoms with E-state index in [1.165, 1.54) is 0 Å². The van der Waals surface area contributed by atoms with Gasteiger partial charge < -0.3 is 12.9 Å². The number of aryl methyl sites for hydroxylation is 1. The van der Waals surface area contributed by atoms with E-state index >= 15 is 0 Å². The molecule has 0 bridgehead atoms. The maximum absolute atomic E-state index is 12.7. The summed E-state index contributed by atoms with van der Waals surface area (Å²) in [5.41, 5.74) is 0.517. The van der Waals surface area contributed by atoms with Gasteiger partial charge in [0.15, 0.2) is 0 Å². The van der Waals surface area contributed by atoms with E-state index < -0.39 is 12.6 Å². The second kappa shape index (κ2) is 5.71. The van der Waals surface area contributed by atoms with Gasteiger partial charge >= 0.3 is 58.4 Å². The fourth-order valence-electron chi connectivity index (χ4n) is 1.56. The molecular formula is C10H9BF3KN2. The molecule has 0 saturated heterocycles. The zero-order valence-electron chi connectivity index (χ0n) is 9.57. The SMILES string of the molecule is Cc1ccccc1-n1nccc1[B-](F)(F)F.[K+]. The number of rotatable bonds is 2. The van der Waals surface area contributed by atoms with Gasteiger partial charge in [-0.15, -0.1) is 0 Å². The third kappa shape index (κ3) is 3.23. The van der Waals surface area contributed by atoms with E-state index in [2.05, 4.69) is 5.10 Å². The maximum Gasteiger partial charge on any atom is 1.00 e. The van der Waals surface area contributed by atoms with Crippen LogP contribution in [0.4, 0.5) is 12.9 Å². The summed E-state index contributed by atoms with van der Waals surface area (Å²) in [5, 5.41) is 3.73. The number of hydrogen-bond donors (Lipinski definition) is 0.